The Bertz CT molecular complexity index is 889. The maximum absolute atomic E-state index is 12.4. The molecule has 0 aliphatic rings. The lowest BCUT2D eigenvalue weighted by Gasteiger charge is -2.21. The van der Waals surface area contributed by atoms with Crippen LogP contribution in [0, 0.1) is 20.8 Å². The van der Waals surface area contributed by atoms with Gasteiger partial charge < -0.3 is 15.5 Å². The monoisotopic (exact) mass is 410 g/mol. The van der Waals surface area contributed by atoms with E-state index in [1.54, 1.807) is 19.0 Å². The summed E-state index contributed by atoms with van der Waals surface area (Å²) in [5.41, 5.74) is 4.56. The molecular formula is C23H30N4O3. The number of benzene rings is 2. The molecule has 0 saturated heterocycles. The lowest BCUT2D eigenvalue weighted by Crippen LogP contribution is -2.42. The van der Waals surface area contributed by atoms with E-state index in [4.69, 9.17) is 0 Å². The molecule has 0 atom stereocenters. The van der Waals surface area contributed by atoms with Crippen LogP contribution in [0.25, 0.3) is 0 Å². The molecule has 0 spiro atoms. The van der Waals surface area contributed by atoms with Crippen LogP contribution in [0.15, 0.2) is 42.5 Å². The van der Waals surface area contributed by atoms with E-state index in [-0.39, 0.29) is 37.4 Å². The number of carbonyl (C=O) groups is 3. The number of amides is 3. The van der Waals surface area contributed by atoms with Crippen LogP contribution in [0.1, 0.15) is 16.7 Å². The second-order valence-electron chi connectivity index (χ2n) is 7.65. The molecule has 30 heavy (non-hydrogen) atoms. The molecule has 7 heteroatoms. The van der Waals surface area contributed by atoms with Crippen LogP contribution in [-0.4, -0.2) is 61.3 Å². The Morgan fingerprint density at radius 2 is 1.33 bits per heavy atom. The molecule has 0 aliphatic heterocycles. The van der Waals surface area contributed by atoms with E-state index in [2.05, 4.69) is 10.6 Å². The second kappa shape index (κ2) is 10.5. The number of aryl methyl sites for hydroxylation is 3. The van der Waals surface area contributed by atoms with Gasteiger partial charge in [-0.2, -0.15) is 0 Å². The summed E-state index contributed by atoms with van der Waals surface area (Å²) in [5, 5.41) is 5.67. The predicted octanol–water partition coefficient (Wildman–Crippen LogP) is 2.58. The first-order valence-corrected chi connectivity index (χ1v) is 9.81. The molecule has 2 N–H and O–H groups in total. The fraction of sp³-hybridized carbons (Fsp3) is 0.348. The number of hydrogen-bond donors (Lipinski definition) is 2. The first-order chi connectivity index (χ1) is 14.2. The summed E-state index contributed by atoms with van der Waals surface area (Å²) in [6.07, 6.45) is 0. The lowest BCUT2D eigenvalue weighted by atomic mass is 10.1. The first kappa shape index (κ1) is 23.1. The molecule has 0 heterocycles. The summed E-state index contributed by atoms with van der Waals surface area (Å²) < 4.78 is 0. The zero-order chi connectivity index (χ0) is 22.3. The van der Waals surface area contributed by atoms with E-state index in [0.29, 0.717) is 5.69 Å². The minimum absolute atomic E-state index is 0.0362. The number of likely N-dealkylation sites (N-methyl/N-ethyl adjacent to an activating group) is 2. The van der Waals surface area contributed by atoms with Crippen molar-refractivity contribution in [2.75, 3.05) is 44.4 Å². The second-order valence-corrected chi connectivity index (χ2v) is 7.65. The van der Waals surface area contributed by atoms with Gasteiger partial charge in [0.1, 0.15) is 0 Å². The van der Waals surface area contributed by atoms with Gasteiger partial charge in [-0.25, -0.2) is 0 Å². The molecule has 7 nitrogen and oxygen atoms in total. The van der Waals surface area contributed by atoms with Crippen LogP contribution in [0.2, 0.25) is 0 Å². The molecular weight excluding hydrogens is 380 g/mol. The third kappa shape index (κ3) is 7.00. The van der Waals surface area contributed by atoms with E-state index < -0.39 is 0 Å². The molecule has 160 valence electrons. The molecule has 2 rings (SSSR count). The third-order valence-corrected chi connectivity index (χ3v) is 4.71. The average Bonchev–Trinajstić information content (AvgIpc) is 2.66. The van der Waals surface area contributed by atoms with Crippen molar-refractivity contribution in [3.63, 3.8) is 0 Å². The van der Waals surface area contributed by atoms with Gasteiger partial charge in [-0.1, -0.05) is 35.9 Å². The predicted molar refractivity (Wildman–Crippen MR) is 119 cm³/mol. The number of nitrogens with zero attached hydrogens (tertiary/aromatic N) is 2. The number of carbonyl (C=O) groups excluding carboxylic acids is 3. The Morgan fingerprint density at radius 3 is 1.93 bits per heavy atom. The highest BCUT2D eigenvalue weighted by atomic mass is 16.2. The summed E-state index contributed by atoms with van der Waals surface area (Å²) in [7, 11) is 3.27. The molecule has 0 fully saturated rings. The third-order valence-electron chi connectivity index (χ3n) is 4.71. The van der Waals surface area contributed by atoms with Gasteiger partial charge >= 0.3 is 0 Å². The largest absolute Gasteiger partial charge is 0.335 e. The normalized spacial score (nSPS) is 10.6. The zero-order valence-electron chi connectivity index (χ0n) is 18.3. The average molecular weight is 411 g/mol. The van der Waals surface area contributed by atoms with Crippen LogP contribution in [0.5, 0.6) is 0 Å². The summed E-state index contributed by atoms with van der Waals surface area (Å²) in [4.78, 5) is 39.9. The molecule has 0 aromatic heterocycles. The van der Waals surface area contributed by atoms with E-state index in [0.717, 1.165) is 22.4 Å². The van der Waals surface area contributed by atoms with Crippen molar-refractivity contribution in [1.29, 1.82) is 0 Å². The number of para-hydroxylation sites is 1. The van der Waals surface area contributed by atoms with E-state index in [1.807, 2.05) is 63.2 Å². The Hall–Kier alpha value is -3.19. The highest BCUT2D eigenvalue weighted by Gasteiger charge is 2.17. The van der Waals surface area contributed by atoms with Gasteiger partial charge in [0.2, 0.25) is 17.7 Å². The van der Waals surface area contributed by atoms with Crippen LogP contribution in [-0.2, 0) is 14.4 Å². The van der Waals surface area contributed by atoms with Crippen molar-refractivity contribution in [3.8, 4) is 0 Å². The maximum Gasteiger partial charge on any atom is 0.243 e. The fourth-order valence-corrected chi connectivity index (χ4v) is 2.98. The Labute approximate surface area is 178 Å². The van der Waals surface area contributed by atoms with Crippen LogP contribution in [0.4, 0.5) is 11.4 Å². The van der Waals surface area contributed by atoms with E-state index >= 15 is 0 Å². The van der Waals surface area contributed by atoms with Crippen molar-refractivity contribution in [3.05, 3.63) is 59.2 Å². The molecule has 0 aliphatic carbocycles. The number of nitrogens with one attached hydrogen (secondary N) is 2. The van der Waals surface area contributed by atoms with Gasteiger partial charge in [0.25, 0.3) is 0 Å². The lowest BCUT2D eigenvalue weighted by molar-refractivity contribution is -0.134. The number of hydrogen-bond acceptors (Lipinski definition) is 4. The van der Waals surface area contributed by atoms with Crippen molar-refractivity contribution in [2.45, 2.75) is 20.8 Å². The first-order valence-electron chi connectivity index (χ1n) is 9.81. The van der Waals surface area contributed by atoms with Crippen molar-refractivity contribution in [2.24, 2.45) is 0 Å². The van der Waals surface area contributed by atoms with E-state index in [9.17, 15) is 14.4 Å². The summed E-state index contributed by atoms with van der Waals surface area (Å²) in [6, 6.07) is 13.3. The molecule has 2 aromatic carbocycles. The smallest absolute Gasteiger partial charge is 0.243 e. The number of anilines is 2. The van der Waals surface area contributed by atoms with Gasteiger partial charge in [0, 0.05) is 18.4 Å². The SMILES string of the molecule is Cc1ccc(NC(=O)CN(C)C(=O)CN(C)CC(=O)Nc2c(C)cccc2C)cc1. The molecule has 2 aromatic rings. The molecule has 3 amide bonds. The Morgan fingerprint density at radius 1 is 0.767 bits per heavy atom. The minimum Gasteiger partial charge on any atom is -0.335 e. The molecule has 0 bridgehead atoms. The highest BCUT2D eigenvalue weighted by molar-refractivity contribution is 5.95. The van der Waals surface area contributed by atoms with Gasteiger partial charge in [0.05, 0.1) is 19.6 Å². The van der Waals surface area contributed by atoms with Gasteiger partial charge in [0.15, 0.2) is 0 Å². The quantitative estimate of drug-likeness (QED) is 0.701. The van der Waals surface area contributed by atoms with Gasteiger partial charge in [-0.15, -0.1) is 0 Å². The zero-order valence-corrected chi connectivity index (χ0v) is 18.3. The fourth-order valence-electron chi connectivity index (χ4n) is 2.98. The van der Waals surface area contributed by atoms with Crippen molar-refractivity contribution >= 4 is 29.1 Å². The molecule has 0 saturated carbocycles. The standard InChI is InChI=1S/C23H30N4O3/c1-16-9-11-19(12-10-16)24-21(29)14-27(5)22(30)15-26(4)13-20(28)25-23-17(2)7-6-8-18(23)3/h6-12H,13-15H2,1-5H3,(H,24,29)(H,25,28). The summed E-state index contributed by atoms with van der Waals surface area (Å²) in [5.74, 6) is -0.705. The van der Waals surface area contributed by atoms with Crippen LogP contribution >= 0.6 is 0 Å². The van der Waals surface area contributed by atoms with Crippen molar-refractivity contribution in [1.82, 2.24) is 9.80 Å². The molecule has 0 unspecified atom stereocenters. The van der Waals surface area contributed by atoms with Gasteiger partial charge in [-0.3, -0.25) is 19.3 Å². The molecule has 0 radical (unpaired) electrons. The maximum atomic E-state index is 12.4. The highest BCUT2D eigenvalue weighted by Crippen LogP contribution is 2.19. The Kier molecular flexibility index (Phi) is 8.12. The summed E-state index contributed by atoms with van der Waals surface area (Å²) >= 11 is 0. The minimum atomic E-state index is -0.273. The van der Waals surface area contributed by atoms with E-state index in [1.165, 1.54) is 4.90 Å². The topological polar surface area (TPSA) is 81.8 Å². The van der Waals surface area contributed by atoms with Crippen molar-refractivity contribution < 1.29 is 14.4 Å². The van der Waals surface area contributed by atoms with Crippen LogP contribution in [0.3, 0.4) is 0 Å². The summed E-state index contributed by atoms with van der Waals surface area (Å²) in [6.45, 7) is 5.89. The Balaban J connectivity index is 1.80. The van der Waals surface area contributed by atoms with Gasteiger partial charge in [-0.05, 0) is 51.1 Å². The van der Waals surface area contributed by atoms with Crippen LogP contribution < -0.4 is 10.6 Å². The number of rotatable bonds is 8.